The quantitative estimate of drug-likeness (QED) is 0.675. The molecule has 0 aliphatic carbocycles. The molecule has 0 N–H and O–H groups in total. The van der Waals surface area contributed by atoms with E-state index < -0.39 is 11.6 Å². The van der Waals surface area contributed by atoms with Crippen LogP contribution in [0.25, 0.3) is 11.3 Å². The van der Waals surface area contributed by atoms with Crippen molar-refractivity contribution in [3.05, 3.63) is 54.2 Å². The summed E-state index contributed by atoms with van der Waals surface area (Å²) >= 11 is 0. The molecule has 0 fully saturated rings. The van der Waals surface area contributed by atoms with E-state index in [1.807, 2.05) is 0 Å². The third-order valence-electron chi connectivity index (χ3n) is 1.87. The largest absolute Gasteiger partial charge is 0.256 e. The summed E-state index contributed by atoms with van der Waals surface area (Å²) in [6.07, 6.45) is 1.54. The van der Waals surface area contributed by atoms with Crippen LogP contribution in [0, 0.1) is 11.6 Å². The Balaban J connectivity index is 2.57. The fraction of sp³-hybridized carbons (Fsp3) is 0. The highest BCUT2D eigenvalue weighted by Gasteiger charge is 2.06. The zero-order valence-corrected chi connectivity index (χ0v) is 7.24. The molecule has 0 unspecified atom stereocenters. The minimum Gasteiger partial charge on any atom is -0.256 e. The minimum absolute atomic E-state index is 0.186. The van der Waals surface area contributed by atoms with Crippen molar-refractivity contribution in [3.8, 4) is 11.3 Å². The molecule has 0 saturated carbocycles. The Morgan fingerprint density at radius 2 is 1.86 bits per heavy atom. The maximum absolute atomic E-state index is 13.2. The Kier molecular flexibility index (Phi) is 2.23. The standard InChI is InChI=1S/C11H7F2N/c12-8-4-5-10(13)9(7-8)11-3-1-2-6-14-11/h1-7H. The summed E-state index contributed by atoms with van der Waals surface area (Å²) in [5.41, 5.74) is 0.620. The molecule has 1 heterocycles. The van der Waals surface area contributed by atoms with E-state index in [0.29, 0.717) is 5.69 Å². The van der Waals surface area contributed by atoms with Crippen LogP contribution >= 0.6 is 0 Å². The van der Waals surface area contributed by atoms with Crippen LogP contribution in [0.4, 0.5) is 8.78 Å². The highest BCUT2D eigenvalue weighted by molar-refractivity contribution is 5.59. The van der Waals surface area contributed by atoms with Gasteiger partial charge in [-0.2, -0.15) is 0 Å². The summed E-state index contributed by atoms with van der Waals surface area (Å²) in [5, 5.41) is 0. The molecular weight excluding hydrogens is 184 g/mol. The number of pyridine rings is 1. The lowest BCUT2D eigenvalue weighted by Gasteiger charge is -2.01. The zero-order valence-electron chi connectivity index (χ0n) is 7.24. The molecular formula is C11H7F2N. The third kappa shape index (κ3) is 1.62. The highest BCUT2D eigenvalue weighted by atomic mass is 19.1. The van der Waals surface area contributed by atoms with Gasteiger partial charge in [0.1, 0.15) is 11.6 Å². The molecule has 70 valence electrons. The predicted molar refractivity (Wildman–Crippen MR) is 49.6 cm³/mol. The van der Waals surface area contributed by atoms with Crippen LogP contribution < -0.4 is 0 Å². The number of nitrogens with zero attached hydrogens (tertiary/aromatic N) is 1. The maximum atomic E-state index is 13.2. The second-order valence-electron chi connectivity index (χ2n) is 2.84. The van der Waals surface area contributed by atoms with Crippen molar-refractivity contribution in [2.24, 2.45) is 0 Å². The van der Waals surface area contributed by atoms with E-state index in [4.69, 9.17) is 0 Å². The van der Waals surface area contributed by atoms with Gasteiger partial charge in [-0.15, -0.1) is 0 Å². The smallest absolute Gasteiger partial charge is 0.132 e. The average molecular weight is 191 g/mol. The average Bonchev–Trinajstić information content (AvgIpc) is 2.23. The first-order valence-corrected chi connectivity index (χ1v) is 4.14. The van der Waals surface area contributed by atoms with Gasteiger partial charge in [0.25, 0.3) is 0 Å². The number of aromatic nitrogens is 1. The summed E-state index contributed by atoms with van der Waals surface area (Å²) in [6.45, 7) is 0. The van der Waals surface area contributed by atoms with Crippen molar-refractivity contribution in [3.63, 3.8) is 0 Å². The lowest BCUT2D eigenvalue weighted by atomic mass is 10.1. The summed E-state index contributed by atoms with van der Waals surface area (Å²) in [5.74, 6) is -0.933. The van der Waals surface area contributed by atoms with Crippen LogP contribution in [0.15, 0.2) is 42.6 Å². The van der Waals surface area contributed by atoms with E-state index in [9.17, 15) is 8.78 Å². The van der Waals surface area contributed by atoms with Gasteiger partial charge in [0.2, 0.25) is 0 Å². The van der Waals surface area contributed by atoms with Crippen molar-refractivity contribution in [1.29, 1.82) is 0 Å². The molecule has 2 aromatic rings. The number of benzene rings is 1. The Morgan fingerprint density at radius 3 is 2.57 bits per heavy atom. The van der Waals surface area contributed by atoms with E-state index >= 15 is 0 Å². The molecule has 3 heteroatoms. The van der Waals surface area contributed by atoms with Gasteiger partial charge in [-0.1, -0.05) is 6.07 Å². The fourth-order valence-electron chi connectivity index (χ4n) is 1.22. The van der Waals surface area contributed by atoms with Gasteiger partial charge in [0.15, 0.2) is 0 Å². The van der Waals surface area contributed by atoms with E-state index in [1.54, 1.807) is 24.4 Å². The topological polar surface area (TPSA) is 12.9 Å². The highest BCUT2D eigenvalue weighted by Crippen LogP contribution is 2.20. The van der Waals surface area contributed by atoms with Crippen molar-refractivity contribution in [1.82, 2.24) is 4.98 Å². The van der Waals surface area contributed by atoms with Crippen LogP contribution in [-0.4, -0.2) is 4.98 Å². The van der Waals surface area contributed by atoms with Gasteiger partial charge >= 0.3 is 0 Å². The van der Waals surface area contributed by atoms with Crippen molar-refractivity contribution in [2.75, 3.05) is 0 Å². The second-order valence-corrected chi connectivity index (χ2v) is 2.84. The molecule has 1 aromatic carbocycles. The van der Waals surface area contributed by atoms with Gasteiger partial charge in [-0.3, -0.25) is 4.98 Å². The summed E-state index contributed by atoms with van der Waals surface area (Å²) in [4.78, 5) is 3.94. The molecule has 2 rings (SSSR count). The Bertz CT molecular complexity index is 440. The normalized spacial score (nSPS) is 10.1. The molecule has 1 aromatic heterocycles. The molecule has 0 amide bonds. The van der Waals surface area contributed by atoms with Crippen LogP contribution in [-0.2, 0) is 0 Å². The van der Waals surface area contributed by atoms with Crippen LogP contribution in [0.3, 0.4) is 0 Å². The lowest BCUT2D eigenvalue weighted by Crippen LogP contribution is -1.88. The van der Waals surface area contributed by atoms with E-state index in [1.165, 1.54) is 0 Å². The van der Waals surface area contributed by atoms with Crippen LogP contribution in [0.1, 0.15) is 0 Å². The monoisotopic (exact) mass is 191 g/mol. The molecule has 0 spiro atoms. The van der Waals surface area contributed by atoms with E-state index in [-0.39, 0.29) is 5.56 Å². The first-order valence-electron chi connectivity index (χ1n) is 4.14. The molecule has 0 saturated heterocycles. The van der Waals surface area contributed by atoms with Gasteiger partial charge in [0, 0.05) is 11.8 Å². The van der Waals surface area contributed by atoms with Crippen LogP contribution in [0.5, 0.6) is 0 Å². The number of halogens is 2. The first kappa shape index (κ1) is 8.81. The first-order chi connectivity index (χ1) is 6.77. The molecule has 0 aliphatic heterocycles. The molecule has 14 heavy (non-hydrogen) atoms. The molecule has 0 atom stereocenters. The van der Waals surface area contributed by atoms with Gasteiger partial charge in [-0.25, -0.2) is 8.78 Å². The molecule has 0 aliphatic rings. The van der Waals surface area contributed by atoms with Gasteiger partial charge in [0.05, 0.1) is 5.69 Å². The molecule has 0 radical (unpaired) electrons. The summed E-state index contributed by atoms with van der Waals surface area (Å²) in [7, 11) is 0. The summed E-state index contributed by atoms with van der Waals surface area (Å²) in [6, 6.07) is 8.41. The third-order valence-corrected chi connectivity index (χ3v) is 1.87. The van der Waals surface area contributed by atoms with Gasteiger partial charge in [-0.05, 0) is 30.3 Å². The molecule has 1 nitrogen and oxygen atoms in total. The fourth-order valence-corrected chi connectivity index (χ4v) is 1.22. The number of hydrogen-bond donors (Lipinski definition) is 0. The second kappa shape index (κ2) is 3.54. The summed E-state index contributed by atoms with van der Waals surface area (Å²) < 4.78 is 26.1. The Labute approximate surface area is 80.0 Å². The van der Waals surface area contributed by atoms with Crippen molar-refractivity contribution >= 4 is 0 Å². The van der Waals surface area contributed by atoms with Crippen molar-refractivity contribution in [2.45, 2.75) is 0 Å². The number of hydrogen-bond acceptors (Lipinski definition) is 1. The minimum atomic E-state index is -0.468. The van der Waals surface area contributed by atoms with Crippen molar-refractivity contribution < 1.29 is 8.78 Å². The maximum Gasteiger partial charge on any atom is 0.132 e. The lowest BCUT2D eigenvalue weighted by molar-refractivity contribution is 0.602. The SMILES string of the molecule is Fc1ccc(F)c(-c2ccccn2)c1. The Hall–Kier alpha value is -1.77. The Morgan fingerprint density at radius 1 is 1.00 bits per heavy atom. The number of rotatable bonds is 1. The van der Waals surface area contributed by atoms with E-state index in [0.717, 1.165) is 18.2 Å². The van der Waals surface area contributed by atoms with E-state index in [2.05, 4.69) is 4.98 Å². The van der Waals surface area contributed by atoms with Gasteiger partial charge < -0.3 is 0 Å². The zero-order chi connectivity index (χ0) is 9.97. The molecule has 0 bridgehead atoms. The van der Waals surface area contributed by atoms with Crippen LogP contribution in [0.2, 0.25) is 0 Å². The predicted octanol–water partition coefficient (Wildman–Crippen LogP) is 3.03.